The Labute approximate surface area is 167 Å². The van der Waals surface area contributed by atoms with Gasteiger partial charge in [-0.25, -0.2) is 9.50 Å². The van der Waals surface area contributed by atoms with Crippen molar-refractivity contribution in [2.24, 2.45) is 13.0 Å². The standard InChI is InChI=1S/C20H21N9/c1-26(2)20-16(11-28(25-20)15-6-13(7-15)8-21)19-18-4-5-22-29(18)12-17(24-19)14-9-23-27(3)10-14/h4-5,9-13,15H,6-7H2,1-3H3. The van der Waals surface area contributed by atoms with E-state index in [9.17, 15) is 0 Å². The smallest absolute Gasteiger partial charge is 0.159 e. The molecule has 1 saturated carbocycles. The SMILES string of the molecule is CN(C)c1nn(C2CC(C#N)C2)cc1-c1nc(-c2cnn(C)c2)cn2nccc12. The molecule has 4 heterocycles. The molecule has 4 aromatic rings. The average Bonchev–Trinajstić information content (AvgIpc) is 3.38. The average molecular weight is 387 g/mol. The predicted octanol–water partition coefficient (Wildman–Crippen LogP) is 2.53. The van der Waals surface area contributed by atoms with E-state index >= 15 is 0 Å². The van der Waals surface area contributed by atoms with E-state index in [0.29, 0.717) is 0 Å². The van der Waals surface area contributed by atoms with Crippen molar-refractivity contribution in [3.8, 4) is 28.6 Å². The van der Waals surface area contributed by atoms with Gasteiger partial charge in [0.25, 0.3) is 0 Å². The van der Waals surface area contributed by atoms with Crippen LogP contribution in [-0.2, 0) is 7.05 Å². The van der Waals surface area contributed by atoms with Crippen molar-refractivity contribution in [1.82, 2.24) is 34.2 Å². The molecule has 0 spiro atoms. The number of fused-ring (bicyclic) bond motifs is 1. The third kappa shape index (κ3) is 2.84. The van der Waals surface area contributed by atoms with Crippen LogP contribution in [0.2, 0.25) is 0 Å². The summed E-state index contributed by atoms with van der Waals surface area (Å²) in [5, 5.41) is 22.6. The van der Waals surface area contributed by atoms with Crippen molar-refractivity contribution in [1.29, 1.82) is 5.26 Å². The molecule has 0 radical (unpaired) electrons. The largest absolute Gasteiger partial charge is 0.361 e. The summed E-state index contributed by atoms with van der Waals surface area (Å²) in [5.74, 6) is 0.980. The number of hydrogen-bond acceptors (Lipinski definition) is 6. The van der Waals surface area contributed by atoms with Crippen molar-refractivity contribution >= 4 is 11.3 Å². The fraction of sp³-hybridized carbons (Fsp3) is 0.350. The lowest BCUT2D eigenvalue weighted by Gasteiger charge is -2.30. The van der Waals surface area contributed by atoms with E-state index in [-0.39, 0.29) is 12.0 Å². The number of nitrogens with zero attached hydrogens (tertiary/aromatic N) is 9. The minimum absolute atomic E-state index is 0.129. The van der Waals surface area contributed by atoms with Gasteiger partial charge in [0, 0.05) is 39.1 Å². The van der Waals surface area contributed by atoms with Crippen molar-refractivity contribution in [3.63, 3.8) is 0 Å². The molecule has 0 aromatic carbocycles. The highest BCUT2D eigenvalue weighted by Crippen LogP contribution is 2.40. The van der Waals surface area contributed by atoms with Crippen LogP contribution in [0.3, 0.4) is 0 Å². The van der Waals surface area contributed by atoms with E-state index in [4.69, 9.17) is 15.3 Å². The Morgan fingerprint density at radius 2 is 2.00 bits per heavy atom. The Balaban J connectivity index is 1.66. The Morgan fingerprint density at radius 3 is 2.69 bits per heavy atom. The van der Waals surface area contributed by atoms with Gasteiger partial charge >= 0.3 is 0 Å². The van der Waals surface area contributed by atoms with Crippen LogP contribution >= 0.6 is 0 Å². The van der Waals surface area contributed by atoms with E-state index in [2.05, 4.69) is 22.5 Å². The molecular weight excluding hydrogens is 366 g/mol. The van der Waals surface area contributed by atoms with E-state index in [1.807, 2.05) is 53.7 Å². The Morgan fingerprint density at radius 1 is 1.17 bits per heavy atom. The maximum atomic E-state index is 9.10. The summed E-state index contributed by atoms with van der Waals surface area (Å²) < 4.78 is 5.59. The first-order chi connectivity index (χ1) is 14.0. The summed E-state index contributed by atoms with van der Waals surface area (Å²) in [5.41, 5.74) is 4.43. The fourth-order valence-electron chi connectivity index (χ4n) is 3.79. The molecule has 146 valence electrons. The summed E-state index contributed by atoms with van der Waals surface area (Å²) >= 11 is 0. The first kappa shape index (κ1) is 17.4. The summed E-state index contributed by atoms with van der Waals surface area (Å²) in [6, 6.07) is 4.56. The normalized spacial score (nSPS) is 18.6. The van der Waals surface area contributed by atoms with Crippen LogP contribution in [0, 0.1) is 17.2 Å². The second kappa shape index (κ2) is 6.44. The number of nitriles is 1. The molecular formula is C20H21N9. The lowest BCUT2D eigenvalue weighted by molar-refractivity contribution is 0.230. The highest BCUT2D eigenvalue weighted by Gasteiger charge is 2.32. The molecule has 0 saturated heterocycles. The Bertz CT molecular complexity index is 1230. The van der Waals surface area contributed by atoms with Gasteiger partial charge in [0.1, 0.15) is 5.69 Å². The van der Waals surface area contributed by atoms with Gasteiger partial charge in [0.05, 0.1) is 53.4 Å². The van der Waals surface area contributed by atoms with Crippen molar-refractivity contribution in [2.75, 3.05) is 19.0 Å². The molecule has 0 unspecified atom stereocenters. The summed E-state index contributed by atoms with van der Waals surface area (Å²) in [7, 11) is 5.85. The number of rotatable bonds is 4. The lowest BCUT2D eigenvalue weighted by atomic mass is 9.81. The van der Waals surface area contributed by atoms with E-state index in [0.717, 1.165) is 46.7 Å². The third-order valence-corrected chi connectivity index (χ3v) is 5.45. The summed E-state index contributed by atoms with van der Waals surface area (Å²) in [4.78, 5) is 6.97. The van der Waals surface area contributed by atoms with Gasteiger partial charge in [-0.05, 0) is 18.9 Å². The summed E-state index contributed by atoms with van der Waals surface area (Å²) in [6.07, 6.45) is 11.2. The molecule has 9 heteroatoms. The molecule has 0 aliphatic heterocycles. The van der Waals surface area contributed by atoms with Crippen LogP contribution in [0.25, 0.3) is 28.0 Å². The van der Waals surface area contributed by atoms with E-state index < -0.39 is 0 Å². The van der Waals surface area contributed by atoms with Crippen LogP contribution in [-0.4, -0.2) is 48.3 Å². The highest BCUT2D eigenvalue weighted by molar-refractivity contribution is 5.84. The molecule has 0 N–H and O–H groups in total. The third-order valence-electron chi connectivity index (χ3n) is 5.45. The minimum atomic E-state index is 0.129. The van der Waals surface area contributed by atoms with Crippen LogP contribution in [0.5, 0.6) is 0 Å². The first-order valence-corrected chi connectivity index (χ1v) is 9.53. The van der Waals surface area contributed by atoms with Crippen molar-refractivity contribution in [3.05, 3.63) is 37.1 Å². The Hall–Kier alpha value is -3.67. The van der Waals surface area contributed by atoms with Gasteiger partial charge in [-0.1, -0.05) is 0 Å². The molecule has 0 amide bonds. The molecule has 1 fully saturated rings. The first-order valence-electron chi connectivity index (χ1n) is 9.53. The zero-order valence-electron chi connectivity index (χ0n) is 16.6. The van der Waals surface area contributed by atoms with E-state index in [1.165, 1.54) is 0 Å². The summed E-state index contributed by atoms with van der Waals surface area (Å²) in [6.45, 7) is 0. The molecule has 5 rings (SSSR count). The molecule has 1 aliphatic rings. The van der Waals surface area contributed by atoms with Gasteiger partial charge in [0.2, 0.25) is 0 Å². The zero-order chi connectivity index (χ0) is 20.1. The number of anilines is 1. The molecule has 9 nitrogen and oxygen atoms in total. The van der Waals surface area contributed by atoms with Crippen molar-refractivity contribution in [2.45, 2.75) is 18.9 Å². The number of aryl methyl sites for hydroxylation is 1. The van der Waals surface area contributed by atoms with Crippen LogP contribution in [0.1, 0.15) is 18.9 Å². The molecule has 0 atom stereocenters. The second-order valence-corrected chi connectivity index (χ2v) is 7.73. The maximum absolute atomic E-state index is 9.10. The fourth-order valence-corrected chi connectivity index (χ4v) is 3.79. The molecule has 29 heavy (non-hydrogen) atoms. The van der Waals surface area contributed by atoms with Crippen molar-refractivity contribution < 1.29 is 0 Å². The zero-order valence-corrected chi connectivity index (χ0v) is 16.6. The monoisotopic (exact) mass is 387 g/mol. The van der Waals surface area contributed by atoms with E-state index in [1.54, 1.807) is 17.1 Å². The van der Waals surface area contributed by atoms with Crippen LogP contribution in [0.4, 0.5) is 5.82 Å². The molecule has 0 bridgehead atoms. The maximum Gasteiger partial charge on any atom is 0.159 e. The number of aromatic nitrogens is 7. The second-order valence-electron chi connectivity index (χ2n) is 7.73. The Kier molecular flexibility index (Phi) is 3.87. The van der Waals surface area contributed by atoms with Gasteiger partial charge in [-0.15, -0.1) is 0 Å². The predicted molar refractivity (Wildman–Crippen MR) is 108 cm³/mol. The topological polar surface area (TPSA) is 92.9 Å². The van der Waals surface area contributed by atoms with Gasteiger partial charge in [0.15, 0.2) is 5.82 Å². The molecule has 1 aliphatic carbocycles. The van der Waals surface area contributed by atoms with Crippen LogP contribution < -0.4 is 4.90 Å². The lowest BCUT2D eigenvalue weighted by Crippen LogP contribution is -2.26. The quantitative estimate of drug-likeness (QED) is 0.534. The minimum Gasteiger partial charge on any atom is -0.361 e. The highest BCUT2D eigenvalue weighted by atomic mass is 15.4. The van der Waals surface area contributed by atoms with Gasteiger partial charge in [-0.2, -0.15) is 20.6 Å². The van der Waals surface area contributed by atoms with Crippen LogP contribution in [0.15, 0.2) is 37.1 Å². The van der Waals surface area contributed by atoms with Gasteiger partial charge < -0.3 is 4.90 Å². The number of hydrogen-bond donors (Lipinski definition) is 0. The molecule has 4 aromatic heterocycles. The van der Waals surface area contributed by atoms with Gasteiger partial charge in [-0.3, -0.25) is 9.36 Å².